The molecule has 7 nitrogen and oxygen atoms in total. The second kappa shape index (κ2) is 8.83. The predicted octanol–water partition coefficient (Wildman–Crippen LogP) is 4.25. The molecule has 0 bridgehead atoms. The van der Waals surface area contributed by atoms with Crippen molar-refractivity contribution in [1.82, 2.24) is 5.32 Å². The summed E-state index contributed by atoms with van der Waals surface area (Å²) in [6.45, 7) is 0.675. The molecule has 0 fully saturated rings. The van der Waals surface area contributed by atoms with E-state index in [1.807, 2.05) is 0 Å². The Bertz CT molecular complexity index is 1230. The summed E-state index contributed by atoms with van der Waals surface area (Å²) in [5.74, 6) is -1.21. The highest BCUT2D eigenvalue weighted by Gasteiger charge is 2.31. The van der Waals surface area contributed by atoms with E-state index in [-0.39, 0.29) is 11.6 Å². The third-order valence-corrected chi connectivity index (χ3v) is 4.89. The van der Waals surface area contributed by atoms with E-state index in [0.717, 1.165) is 12.1 Å². The van der Waals surface area contributed by atoms with Crippen molar-refractivity contribution < 1.29 is 27.5 Å². The first-order valence-electron chi connectivity index (χ1n) is 9.94. The second-order valence-electron chi connectivity index (χ2n) is 7.22. The van der Waals surface area contributed by atoms with Gasteiger partial charge in [-0.15, -0.1) is 13.2 Å². The van der Waals surface area contributed by atoms with Gasteiger partial charge >= 0.3 is 6.36 Å². The van der Waals surface area contributed by atoms with Gasteiger partial charge in [-0.3, -0.25) is 9.59 Å². The molecule has 170 valence electrons. The number of carbonyl (C=O) groups is 2. The molecule has 4 rings (SSSR count). The summed E-state index contributed by atoms with van der Waals surface area (Å²) in [5.41, 5.74) is 8.61. The number of anilines is 3. The molecule has 3 aromatic carbocycles. The van der Waals surface area contributed by atoms with E-state index in [2.05, 4.69) is 20.7 Å². The van der Waals surface area contributed by atoms with Crippen molar-refractivity contribution >= 4 is 28.9 Å². The van der Waals surface area contributed by atoms with Gasteiger partial charge in [-0.2, -0.15) is 0 Å². The number of carbonyl (C=O) groups excluding carboxylic acids is 2. The Balaban J connectivity index is 1.63. The van der Waals surface area contributed by atoms with Crippen molar-refractivity contribution in [2.45, 2.75) is 6.36 Å². The Labute approximate surface area is 186 Å². The number of nitrogens with two attached hydrogens (primary N) is 1. The second-order valence-corrected chi connectivity index (χ2v) is 7.22. The summed E-state index contributed by atoms with van der Waals surface area (Å²) in [6.07, 6.45) is -4.84. The Morgan fingerprint density at radius 1 is 0.939 bits per heavy atom. The number of nitrogens with one attached hydrogen (secondary N) is 3. The largest absolute Gasteiger partial charge is 0.573 e. The van der Waals surface area contributed by atoms with Crippen molar-refractivity contribution in [3.05, 3.63) is 71.8 Å². The number of hydrogen-bond donors (Lipinski definition) is 4. The summed E-state index contributed by atoms with van der Waals surface area (Å²) in [4.78, 5) is 25.1. The number of halogens is 3. The summed E-state index contributed by atoms with van der Waals surface area (Å²) in [5, 5.41) is 8.37. The molecular weight excluding hydrogens is 437 g/mol. The molecule has 1 heterocycles. The van der Waals surface area contributed by atoms with Gasteiger partial charge < -0.3 is 26.4 Å². The maximum absolute atomic E-state index is 12.9. The molecule has 0 atom stereocenters. The zero-order valence-electron chi connectivity index (χ0n) is 17.1. The molecule has 3 aromatic rings. The minimum atomic E-state index is -4.84. The molecule has 1 aliphatic rings. The highest BCUT2D eigenvalue weighted by Crippen LogP contribution is 2.37. The lowest BCUT2D eigenvalue weighted by atomic mass is 9.99. The minimum Gasteiger partial charge on any atom is -0.406 e. The molecule has 0 aromatic heterocycles. The molecule has 0 spiro atoms. The Morgan fingerprint density at radius 3 is 2.45 bits per heavy atom. The van der Waals surface area contributed by atoms with Crippen LogP contribution in [0.5, 0.6) is 5.75 Å². The fourth-order valence-electron chi connectivity index (χ4n) is 3.42. The van der Waals surface area contributed by atoms with Crippen LogP contribution in [0.1, 0.15) is 20.7 Å². The zero-order valence-corrected chi connectivity index (χ0v) is 17.1. The highest BCUT2D eigenvalue weighted by atomic mass is 19.4. The Morgan fingerprint density at radius 2 is 1.70 bits per heavy atom. The standard InChI is InChI=1S/C23H19F3N4O3/c24-23(25,26)33-16-5-7-19-20(12-16)30-22(32)17-11-14(4-6-18(17)29-19)13-2-1-3-15(10-13)21(31)28-9-8-27/h1-7,10-12,29H,8-9,27H2,(H,28,31)(H,30,32). The number of hydrogen-bond acceptors (Lipinski definition) is 5. The quantitative estimate of drug-likeness (QED) is 0.460. The first-order valence-corrected chi connectivity index (χ1v) is 9.94. The molecule has 5 N–H and O–H groups in total. The van der Waals surface area contributed by atoms with Crippen molar-refractivity contribution in [2.75, 3.05) is 23.7 Å². The van der Waals surface area contributed by atoms with E-state index < -0.39 is 18.0 Å². The van der Waals surface area contributed by atoms with Crippen molar-refractivity contribution in [2.24, 2.45) is 5.73 Å². The van der Waals surface area contributed by atoms with Crippen LogP contribution in [-0.2, 0) is 0 Å². The maximum atomic E-state index is 12.9. The van der Waals surface area contributed by atoms with Gasteiger partial charge in [-0.05, 0) is 47.5 Å². The van der Waals surface area contributed by atoms with Crippen molar-refractivity contribution in [1.29, 1.82) is 0 Å². The molecule has 0 radical (unpaired) electrons. The number of amides is 2. The SMILES string of the molecule is NCCNC(=O)c1cccc(-c2ccc3c(c2)C(=O)Nc2cc(OC(F)(F)F)ccc2N3)c1. The van der Waals surface area contributed by atoms with Crippen molar-refractivity contribution in [3.63, 3.8) is 0 Å². The average Bonchev–Trinajstić information content (AvgIpc) is 2.91. The van der Waals surface area contributed by atoms with Crippen LogP contribution in [0.3, 0.4) is 0 Å². The van der Waals surface area contributed by atoms with E-state index in [4.69, 9.17) is 5.73 Å². The molecule has 1 aliphatic heterocycles. The predicted molar refractivity (Wildman–Crippen MR) is 118 cm³/mol. The van der Waals surface area contributed by atoms with Gasteiger partial charge in [0.15, 0.2) is 0 Å². The summed E-state index contributed by atoms with van der Waals surface area (Å²) >= 11 is 0. The molecule has 0 saturated carbocycles. The number of alkyl halides is 3. The lowest BCUT2D eigenvalue weighted by molar-refractivity contribution is -0.274. The molecular formula is C23H19F3N4O3. The third kappa shape index (κ3) is 5.07. The van der Waals surface area contributed by atoms with Crippen LogP contribution in [-0.4, -0.2) is 31.3 Å². The van der Waals surface area contributed by atoms with E-state index in [0.29, 0.717) is 46.7 Å². The normalized spacial score (nSPS) is 12.5. The summed E-state index contributed by atoms with van der Waals surface area (Å²) in [7, 11) is 0. The molecule has 2 amide bonds. The maximum Gasteiger partial charge on any atom is 0.573 e. The van der Waals surface area contributed by atoms with Crippen LogP contribution in [0.2, 0.25) is 0 Å². The highest BCUT2D eigenvalue weighted by molar-refractivity contribution is 6.12. The smallest absolute Gasteiger partial charge is 0.406 e. The van der Waals surface area contributed by atoms with Crippen LogP contribution in [0, 0.1) is 0 Å². The molecule has 10 heteroatoms. The molecule has 33 heavy (non-hydrogen) atoms. The Hall–Kier alpha value is -4.05. The van der Waals surface area contributed by atoms with Crippen LogP contribution >= 0.6 is 0 Å². The third-order valence-electron chi connectivity index (χ3n) is 4.89. The van der Waals surface area contributed by atoms with E-state index in [1.165, 1.54) is 6.07 Å². The van der Waals surface area contributed by atoms with Gasteiger partial charge in [-0.25, -0.2) is 0 Å². The Kier molecular flexibility index (Phi) is 5.93. The summed E-state index contributed by atoms with van der Waals surface area (Å²) < 4.78 is 41.5. The van der Waals surface area contributed by atoms with E-state index in [1.54, 1.807) is 42.5 Å². The number of rotatable bonds is 5. The minimum absolute atomic E-state index is 0.151. The van der Waals surface area contributed by atoms with E-state index in [9.17, 15) is 22.8 Å². The first-order chi connectivity index (χ1) is 15.7. The number of benzene rings is 3. The summed E-state index contributed by atoms with van der Waals surface area (Å²) in [6, 6.07) is 15.7. The fraction of sp³-hybridized carbons (Fsp3) is 0.130. The topological polar surface area (TPSA) is 105 Å². The molecule has 0 saturated heterocycles. The molecule has 0 unspecified atom stereocenters. The van der Waals surface area contributed by atoms with Crippen LogP contribution in [0.4, 0.5) is 30.2 Å². The van der Waals surface area contributed by atoms with Gasteiger partial charge in [-0.1, -0.05) is 18.2 Å². The van der Waals surface area contributed by atoms with Gasteiger partial charge in [0.25, 0.3) is 11.8 Å². The zero-order chi connectivity index (χ0) is 23.6. The van der Waals surface area contributed by atoms with Crippen LogP contribution in [0.25, 0.3) is 11.1 Å². The average molecular weight is 456 g/mol. The van der Waals surface area contributed by atoms with Gasteiger partial charge in [0.05, 0.1) is 22.6 Å². The van der Waals surface area contributed by atoms with Gasteiger partial charge in [0.1, 0.15) is 5.75 Å². The lowest BCUT2D eigenvalue weighted by Gasteiger charge is -2.13. The van der Waals surface area contributed by atoms with Gasteiger partial charge in [0, 0.05) is 24.7 Å². The lowest BCUT2D eigenvalue weighted by Crippen LogP contribution is -2.28. The number of ether oxygens (including phenoxy) is 1. The van der Waals surface area contributed by atoms with Gasteiger partial charge in [0.2, 0.25) is 0 Å². The van der Waals surface area contributed by atoms with Crippen LogP contribution < -0.4 is 26.4 Å². The van der Waals surface area contributed by atoms with E-state index >= 15 is 0 Å². The monoisotopic (exact) mass is 456 g/mol. The first kappa shape index (κ1) is 22.2. The number of fused-ring (bicyclic) bond motifs is 2. The fourth-order valence-corrected chi connectivity index (χ4v) is 3.42. The van der Waals surface area contributed by atoms with Crippen molar-refractivity contribution in [3.8, 4) is 16.9 Å². The van der Waals surface area contributed by atoms with Crippen LogP contribution in [0.15, 0.2) is 60.7 Å². The molecule has 0 aliphatic carbocycles.